The summed E-state index contributed by atoms with van der Waals surface area (Å²) < 4.78 is 0. The van der Waals surface area contributed by atoms with E-state index in [0.29, 0.717) is 28.8 Å². The van der Waals surface area contributed by atoms with E-state index in [4.69, 9.17) is 23.2 Å². The smallest absolute Gasteiger partial charge is 0.309 e. The molecule has 0 saturated heterocycles. The van der Waals surface area contributed by atoms with Gasteiger partial charge in [-0.05, 0) is 36.8 Å². The average molecular weight is 301 g/mol. The summed E-state index contributed by atoms with van der Waals surface area (Å²) in [5, 5.41) is 10.6. The van der Waals surface area contributed by atoms with Crippen molar-refractivity contribution in [3.8, 4) is 0 Å². The molecule has 0 radical (unpaired) electrons. The molecule has 0 amide bonds. The molecule has 19 heavy (non-hydrogen) atoms. The van der Waals surface area contributed by atoms with Crippen LogP contribution in [0.2, 0.25) is 10.0 Å². The molecule has 0 spiro atoms. The summed E-state index contributed by atoms with van der Waals surface area (Å²) in [6.45, 7) is 2.12. The van der Waals surface area contributed by atoms with Gasteiger partial charge in [-0.3, -0.25) is 4.79 Å². The molecule has 1 aliphatic carbocycles. The van der Waals surface area contributed by atoms with E-state index in [2.05, 4.69) is 6.92 Å². The molecule has 1 aromatic carbocycles. The molecule has 0 aliphatic heterocycles. The van der Waals surface area contributed by atoms with Gasteiger partial charge in [0.1, 0.15) is 0 Å². The lowest BCUT2D eigenvalue weighted by atomic mass is 9.67. The SMILES string of the molecule is CC1CCCC(Cc2cccc(Cl)c2Cl)(C(=O)O)C1. The second-order valence-corrected chi connectivity index (χ2v) is 6.46. The number of hydrogen-bond donors (Lipinski definition) is 1. The zero-order valence-corrected chi connectivity index (χ0v) is 12.5. The third-order valence-corrected chi connectivity index (χ3v) is 4.96. The van der Waals surface area contributed by atoms with Crippen LogP contribution in [0.1, 0.15) is 38.2 Å². The Bertz CT molecular complexity index is 487. The van der Waals surface area contributed by atoms with Crippen LogP contribution in [0.5, 0.6) is 0 Å². The summed E-state index contributed by atoms with van der Waals surface area (Å²) in [5.74, 6) is -0.266. The second-order valence-electron chi connectivity index (χ2n) is 5.68. The van der Waals surface area contributed by atoms with E-state index >= 15 is 0 Å². The molecule has 0 aromatic heterocycles. The van der Waals surface area contributed by atoms with Gasteiger partial charge in [0.05, 0.1) is 15.5 Å². The van der Waals surface area contributed by atoms with Crippen LogP contribution in [0, 0.1) is 11.3 Å². The summed E-state index contributed by atoms with van der Waals surface area (Å²) in [7, 11) is 0. The lowest BCUT2D eigenvalue weighted by Crippen LogP contribution is -2.38. The van der Waals surface area contributed by atoms with Crippen molar-refractivity contribution in [2.75, 3.05) is 0 Å². The molecule has 2 rings (SSSR count). The van der Waals surface area contributed by atoms with Gasteiger partial charge in [0, 0.05) is 0 Å². The van der Waals surface area contributed by atoms with E-state index in [1.807, 2.05) is 12.1 Å². The van der Waals surface area contributed by atoms with Crippen molar-refractivity contribution in [1.82, 2.24) is 0 Å². The fourth-order valence-electron chi connectivity index (χ4n) is 3.14. The second kappa shape index (κ2) is 5.72. The van der Waals surface area contributed by atoms with Crippen LogP contribution < -0.4 is 0 Å². The van der Waals surface area contributed by atoms with Gasteiger partial charge < -0.3 is 5.11 Å². The quantitative estimate of drug-likeness (QED) is 0.869. The first-order valence-electron chi connectivity index (χ1n) is 6.61. The lowest BCUT2D eigenvalue weighted by Gasteiger charge is -2.36. The Kier molecular flexibility index (Phi) is 4.42. The highest BCUT2D eigenvalue weighted by Gasteiger charge is 2.42. The van der Waals surface area contributed by atoms with Crippen molar-refractivity contribution in [2.24, 2.45) is 11.3 Å². The Balaban J connectivity index is 2.31. The van der Waals surface area contributed by atoms with Gasteiger partial charge in [-0.15, -0.1) is 0 Å². The van der Waals surface area contributed by atoms with Gasteiger partial charge >= 0.3 is 5.97 Å². The van der Waals surface area contributed by atoms with Gasteiger partial charge in [-0.25, -0.2) is 0 Å². The number of hydrogen-bond acceptors (Lipinski definition) is 1. The van der Waals surface area contributed by atoms with Crippen LogP contribution in [-0.2, 0) is 11.2 Å². The third-order valence-electron chi connectivity index (χ3n) is 4.11. The molecule has 2 nitrogen and oxygen atoms in total. The summed E-state index contributed by atoms with van der Waals surface area (Å²) in [6, 6.07) is 5.42. The first-order chi connectivity index (χ1) is 8.94. The van der Waals surface area contributed by atoms with Crippen LogP contribution in [0.25, 0.3) is 0 Å². The fraction of sp³-hybridized carbons (Fsp3) is 0.533. The van der Waals surface area contributed by atoms with E-state index < -0.39 is 11.4 Å². The molecule has 1 fully saturated rings. The number of carboxylic acid groups (broad SMARTS) is 1. The Labute approximate surface area is 123 Å². The molecule has 1 N–H and O–H groups in total. The number of aliphatic carboxylic acids is 1. The molecule has 1 aromatic rings. The third kappa shape index (κ3) is 3.06. The van der Waals surface area contributed by atoms with Gasteiger partial charge in [0.2, 0.25) is 0 Å². The number of rotatable bonds is 3. The Morgan fingerprint density at radius 2 is 2.21 bits per heavy atom. The Hall–Kier alpha value is -0.730. The minimum Gasteiger partial charge on any atom is -0.481 e. The van der Waals surface area contributed by atoms with Crippen LogP contribution >= 0.6 is 23.2 Å². The maximum Gasteiger partial charge on any atom is 0.309 e. The van der Waals surface area contributed by atoms with Crippen molar-refractivity contribution < 1.29 is 9.90 Å². The lowest BCUT2D eigenvalue weighted by molar-refractivity contribution is -0.152. The van der Waals surface area contributed by atoms with Crippen molar-refractivity contribution in [1.29, 1.82) is 0 Å². The Morgan fingerprint density at radius 1 is 1.47 bits per heavy atom. The van der Waals surface area contributed by atoms with Gasteiger partial charge in [-0.2, -0.15) is 0 Å². The van der Waals surface area contributed by atoms with E-state index in [0.717, 1.165) is 24.8 Å². The van der Waals surface area contributed by atoms with Gasteiger partial charge in [0.25, 0.3) is 0 Å². The summed E-state index contributed by atoms with van der Waals surface area (Å²) in [4.78, 5) is 11.7. The molecule has 1 aliphatic rings. The molecular formula is C15H18Cl2O2. The number of carboxylic acids is 1. The highest BCUT2D eigenvalue weighted by Crippen LogP contribution is 2.43. The molecule has 0 bridgehead atoms. The Morgan fingerprint density at radius 3 is 2.84 bits per heavy atom. The molecule has 2 unspecified atom stereocenters. The zero-order chi connectivity index (χ0) is 14.0. The van der Waals surface area contributed by atoms with Gasteiger partial charge in [0.15, 0.2) is 0 Å². The molecule has 2 atom stereocenters. The monoisotopic (exact) mass is 300 g/mol. The van der Waals surface area contributed by atoms with Crippen LogP contribution in [0.3, 0.4) is 0 Å². The van der Waals surface area contributed by atoms with Crippen molar-refractivity contribution >= 4 is 29.2 Å². The van der Waals surface area contributed by atoms with Crippen LogP contribution in [0.4, 0.5) is 0 Å². The summed E-state index contributed by atoms with van der Waals surface area (Å²) >= 11 is 12.2. The van der Waals surface area contributed by atoms with Crippen LogP contribution in [0.15, 0.2) is 18.2 Å². The number of carbonyl (C=O) groups is 1. The summed E-state index contributed by atoms with van der Waals surface area (Å²) in [6.07, 6.45) is 3.97. The largest absolute Gasteiger partial charge is 0.481 e. The first-order valence-corrected chi connectivity index (χ1v) is 7.36. The van der Waals surface area contributed by atoms with E-state index in [1.54, 1.807) is 6.07 Å². The van der Waals surface area contributed by atoms with E-state index in [9.17, 15) is 9.90 Å². The minimum absolute atomic E-state index is 0.447. The van der Waals surface area contributed by atoms with Crippen LogP contribution in [-0.4, -0.2) is 11.1 Å². The molecule has 104 valence electrons. The topological polar surface area (TPSA) is 37.3 Å². The normalized spacial score (nSPS) is 27.2. The van der Waals surface area contributed by atoms with Crippen molar-refractivity contribution in [3.63, 3.8) is 0 Å². The molecule has 4 heteroatoms. The number of halogens is 2. The zero-order valence-electron chi connectivity index (χ0n) is 11.0. The summed E-state index contributed by atoms with van der Waals surface area (Å²) in [5.41, 5.74) is 0.150. The van der Waals surface area contributed by atoms with Crippen molar-refractivity contribution in [2.45, 2.75) is 39.0 Å². The molecule has 0 heterocycles. The van der Waals surface area contributed by atoms with E-state index in [1.165, 1.54) is 0 Å². The predicted octanol–water partition coefficient (Wildman–Crippen LogP) is 4.82. The average Bonchev–Trinajstić information content (AvgIpc) is 2.35. The highest BCUT2D eigenvalue weighted by molar-refractivity contribution is 6.42. The molecule has 1 saturated carbocycles. The highest BCUT2D eigenvalue weighted by atomic mass is 35.5. The maximum atomic E-state index is 11.7. The fourth-order valence-corrected chi connectivity index (χ4v) is 3.53. The predicted molar refractivity (Wildman–Crippen MR) is 77.9 cm³/mol. The first kappa shape index (κ1) is 14.7. The molecular weight excluding hydrogens is 283 g/mol. The van der Waals surface area contributed by atoms with Gasteiger partial charge in [-0.1, -0.05) is 55.1 Å². The maximum absolute atomic E-state index is 11.7. The minimum atomic E-state index is -0.713. The number of benzene rings is 1. The van der Waals surface area contributed by atoms with E-state index in [-0.39, 0.29) is 0 Å². The standard InChI is InChI=1S/C15H18Cl2O2/c1-10-4-3-7-15(8-10,14(18)19)9-11-5-2-6-12(16)13(11)17/h2,5-6,10H,3-4,7-9H2,1H3,(H,18,19). The van der Waals surface area contributed by atoms with Crippen molar-refractivity contribution in [3.05, 3.63) is 33.8 Å².